The van der Waals surface area contributed by atoms with Crippen LogP contribution in [0, 0.1) is 33.0 Å². The highest BCUT2D eigenvalue weighted by atomic mass is 16.2. The molecule has 4 aliphatic heterocycles. The number of hydrogen-bond acceptors (Lipinski definition) is 5. The maximum Gasteiger partial charge on any atom is 0.225 e. The van der Waals surface area contributed by atoms with Gasteiger partial charge in [0.15, 0.2) is 0 Å². The molecule has 1 atom stereocenters. The molecule has 1 unspecified atom stereocenters. The predicted molar refractivity (Wildman–Crippen MR) is 142 cm³/mol. The molecule has 0 bridgehead atoms. The maximum atomic E-state index is 11.9. The van der Waals surface area contributed by atoms with E-state index >= 15 is 0 Å². The summed E-state index contributed by atoms with van der Waals surface area (Å²) in [6, 6.07) is 2.40. The van der Waals surface area contributed by atoms with Crippen LogP contribution in [0.2, 0.25) is 0 Å². The number of carbonyl (C=O) groups is 1. The van der Waals surface area contributed by atoms with Gasteiger partial charge in [-0.1, -0.05) is 55.4 Å². The van der Waals surface area contributed by atoms with Crippen LogP contribution < -0.4 is 5.32 Å². The highest BCUT2D eigenvalue weighted by Gasteiger charge is 2.47. The minimum atomic E-state index is -0.711. The predicted octanol–water partition coefficient (Wildman–Crippen LogP) is 6.08. The summed E-state index contributed by atoms with van der Waals surface area (Å²) < 4.78 is 0. The van der Waals surface area contributed by atoms with Gasteiger partial charge in [-0.2, -0.15) is 5.26 Å². The number of amides is 1. The topological polar surface area (TPSA) is 90.0 Å². The Morgan fingerprint density at radius 3 is 1.71 bits per heavy atom. The van der Waals surface area contributed by atoms with Crippen LogP contribution in [0.5, 0.6) is 0 Å². The summed E-state index contributed by atoms with van der Waals surface area (Å²) in [5.74, 6) is 0.0714. The quantitative estimate of drug-likeness (QED) is 0.538. The van der Waals surface area contributed by atoms with Gasteiger partial charge in [0.05, 0.1) is 6.07 Å². The van der Waals surface area contributed by atoms with Crippen LogP contribution in [0.1, 0.15) is 88.0 Å². The number of carbonyl (C=O) groups excluding carboxylic acids is 1. The minimum Gasteiger partial charge on any atom is -0.329 e. The van der Waals surface area contributed by atoms with Crippen molar-refractivity contribution in [2.45, 2.75) is 93.5 Å². The molecule has 0 saturated carbocycles. The summed E-state index contributed by atoms with van der Waals surface area (Å²) in [5, 5.41) is 12.7. The van der Waals surface area contributed by atoms with Gasteiger partial charge in [0.2, 0.25) is 5.91 Å². The van der Waals surface area contributed by atoms with E-state index in [1.165, 1.54) is 0 Å². The zero-order valence-electron chi connectivity index (χ0n) is 22.8. The molecule has 0 aromatic carbocycles. The Labute approximate surface area is 210 Å². The second-order valence-corrected chi connectivity index (χ2v) is 13.4. The third-order valence-electron chi connectivity index (χ3n) is 8.21. The number of aliphatic imine (C=N–C) groups is 3. The lowest BCUT2D eigenvalue weighted by Gasteiger charge is -2.29. The van der Waals surface area contributed by atoms with Crippen molar-refractivity contribution in [3.05, 3.63) is 35.3 Å². The van der Waals surface area contributed by atoms with Crippen molar-refractivity contribution < 1.29 is 4.79 Å². The highest BCUT2D eigenvalue weighted by molar-refractivity contribution is 6.04. The Kier molecular flexibility index (Phi) is 5.67. The molecule has 0 radical (unpaired) electrons. The highest BCUT2D eigenvalue weighted by Crippen LogP contribution is 2.46. The van der Waals surface area contributed by atoms with Crippen molar-refractivity contribution in [1.82, 2.24) is 5.32 Å². The van der Waals surface area contributed by atoms with Gasteiger partial charge >= 0.3 is 0 Å². The van der Waals surface area contributed by atoms with Gasteiger partial charge in [0, 0.05) is 75.1 Å². The third-order valence-corrected chi connectivity index (χ3v) is 8.21. The number of nitrogens with zero attached hydrogens (tertiary/aromatic N) is 4. The van der Waals surface area contributed by atoms with Crippen molar-refractivity contribution in [1.29, 1.82) is 5.26 Å². The van der Waals surface area contributed by atoms with Gasteiger partial charge in [0.1, 0.15) is 5.54 Å². The Morgan fingerprint density at radius 2 is 1.26 bits per heavy atom. The molecular weight excluding hydrogens is 434 g/mol. The molecule has 4 aliphatic rings. The molecule has 1 fully saturated rings. The Balaban J connectivity index is 1.64. The Morgan fingerprint density at radius 1 is 0.743 bits per heavy atom. The number of rotatable bonds is 3. The first-order chi connectivity index (χ1) is 16.0. The van der Waals surface area contributed by atoms with Crippen LogP contribution in [0.3, 0.4) is 0 Å². The molecule has 0 aromatic rings. The lowest BCUT2D eigenvalue weighted by atomic mass is 9.74. The Bertz CT molecular complexity index is 1210. The zero-order valence-corrected chi connectivity index (χ0v) is 22.8. The molecule has 0 spiro atoms. The molecule has 6 nitrogen and oxygen atoms in total. The number of hydrogen-bond donors (Lipinski definition) is 1. The van der Waals surface area contributed by atoms with E-state index < -0.39 is 5.54 Å². The smallest absolute Gasteiger partial charge is 0.225 e. The molecule has 0 aromatic heterocycles. The van der Waals surface area contributed by atoms with Gasteiger partial charge < -0.3 is 5.32 Å². The average Bonchev–Trinajstić information content (AvgIpc) is 3.30. The molecule has 35 heavy (non-hydrogen) atoms. The molecule has 4 heterocycles. The summed E-state index contributed by atoms with van der Waals surface area (Å²) in [6.07, 6.45) is 9.24. The van der Waals surface area contributed by atoms with Crippen LogP contribution in [0.15, 0.2) is 50.3 Å². The SMILES string of the molecule is CC1(C)CC(/C=C2/NC(=O)CC2(C)C)=NC/1=C/C1=NC(=C/C2=NC(C)(C#N)C(C)(C)C2)/C(C)(C)C1. The van der Waals surface area contributed by atoms with Crippen molar-refractivity contribution in [2.24, 2.45) is 36.6 Å². The minimum absolute atomic E-state index is 0.0714. The van der Waals surface area contributed by atoms with Crippen molar-refractivity contribution in [3.63, 3.8) is 0 Å². The fraction of sp³-hybridized carbons (Fsp3) is 0.621. The first-order valence-corrected chi connectivity index (χ1v) is 12.6. The number of nitriles is 1. The van der Waals surface area contributed by atoms with E-state index in [0.29, 0.717) is 6.42 Å². The molecule has 1 amide bonds. The summed E-state index contributed by atoms with van der Waals surface area (Å²) in [5.41, 5.74) is 4.65. The van der Waals surface area contributed by atoms with Gasteiger partial charge in [-0.3, -0.25) is 19.8 Å². The largest absolute Gasteiger partial charge is 0.329 e. The second kappa shape index (κ2) is 7.85. The van der Waals surface area contributed by atoms with Crippen LogP contribution in [0.4, 0.5) is 0 Å². The first kappa shape index (κ1) is 25.3. The van der Waals surface area contributed by atoms with Gasteiger partial charge in [-0.25, -0.2) is 0 Å². The summed E-state index contributed by atoms with van der Waals surface area (Å²) in [4.78, 5) is 26.7. The monoisotopic (exact) mass is 473 g/mol. The lowest BCUT2D eigenvalue weighted by molar-refractivity contribution is -0.119. The summed E-state index contributed by atoms with van der Waals surface area (Å²) in [6.45, 7) is 19.2. The van der Waals surface area contributed by atoms with Gasteiger partial charge in [-0.15, -0.1) is 0 Å². The van der Waals surface area contributed by atoms with Crippen LogP contribution in [0.25, 0.3) is 0 Å². The average molecular weight is 474 g/mol. The molecule has 1 saturated heterocycles. The molecule has 1 N–H and O–H groups in total. The lowest BCUT2D eigenvalue weighted by Crippen LogP contribution is -2.34. The normalized spacial score (nSPS) is 33.7. The van der Waals surface area contributed by atoms with Gasteiger partial charge in [-0.05, 0) is 31.6 Å². The third kappa shape index (κ3) is 4.58. The number of allylic oxidation sites excluding steroid dienone is 6. The summed E-state index contributed by atoms with van der Waals surface area (Å²) in [7, 11) is 0. The molecule has 4 rings (SSSR count). The molecule has 186 valence electrons. The van der Waals surface area contributed by atoms with Crippen molar-refractivity contribution in [2.75, 3.05) is 0 Å². The van der Waals surface area contributed by atoms with E-state index in [4.69, 9.17) is 15.0 Å². The van der Waals surface area contributed by atoms with Crippen LogP contribution in [-0.4, -0.2) is 28.6 Å². The van der Waals surface area contributed by atoms with E-state index in [9.17, 15) is 10.1 Å². The van der Waals surface area contributed by atoms with Gasteiger partial charge in [0.25, 0.3) is 0 Å². The number of nitrogens with one attached hydrogen (secondary N) is 1. The Hall–Kier alpha value is -2.81. The first-order valence-electron chi connectivity index (χ1n) is 12.6. The standard InChI is InChI=1S/C29H39N5O/c1-25(2)14-19(11-23-27(5,6)16-24(35)33-23)31-21(25)10-18-13-26(3,4)22(32-18)12-20-15-28(7,8)29(9,17-30)34-20/h10-12H,13-16H2,1-9H3,(H,33,35)/b21-10+,22-12+,23-11+. The molecule has 6 heteroatoms. The van der Waals surface area contributed by atoms with Crippen molar-refractivity contribution >= 4 is 23.0 Å². The van der Waals surface area contributed by atoms with E-state index in [0.717, 1.165) is 53.5 Å². The van der Waals surface area contributed by atoms with E-state index in [1.807, 2.05) is 6.92 Å². The maximum absolute atomic E-state index is 11.9. The molecular formula is C29H39N5O. The zero-order chi connectivity index (χ0) is 26.0. The van der Waals surface area contributed by atoms with Crippen LogP contribution in [-0.2, 0) is 4.79 Å². The van der Waals surface area contributed by atoms with E-state index in [2.05, 4.69) is 85.0 Å². The fourth-order valence-electron chi connectivity index (χ4n) is 5.34. The second-order valence-electron chi connectivity index (χ2n) is 13.4. The molecule has 0 aliphatic carbocycles. The van der Waals surface area contributed by atoms with Crippen LogP contribution >= 0.6 is 0 Å². The summed E-state index contributed by atoms with van der Waals surface area (Å²) >= 11 is 0. The van der Waals surface area contributed by atoms with E-state index in [-0.39, 0.29) is 27.6 Å². The fourth-order valence-corrected chi connectivity index (χ4v) is 5.34. The van der Waals surface area contributed by atoms with Crippen molar-refractivity contribution in [3.8, 4) is 6.07 Å². The van der Waals surface area contributed by atoms with E-state index in [1.54, 1.807) is 0 Å².